The third-order valence-electron chi connectivity index (χ3n) is 3.02. The van der Waals surface area contributed by atoms with Crippen molar-refractivity contribution in [2.45, 2.75) is 13.8 Å². The molecule has 0 saturated heterocycles. The Hall–Kier alpha value is -1.31. The first-order chi connectivity index (χ1) is 8.76. The molecule has 93 valence electrons. The van der Waals surface area contributed by atoms with Crippen LogP contribution in [0.3, 0.4) is 0 Å². The Morgan fingerprint density at radius 1 is 1.06 bits per heavy atom. The molecule has 0 aliphatic heterocycles. The Balaban J connectivity index is 2.45. The van der Waals surface area contributed by atoms with Gasteiger partial charge in [0.15, 0.2) is 0 Å². The number of hydrogen-bond acceptors (Lipinski definition) is 1. The molecule has 0 aliphatic rings. The number of nitrogens with zero attached hydrogens (tertiary/aromatic N) is 2. The third-order valence-corrected chi connectivity index (χ3v) is 3.75. The molecular formula is C15H17N2Se. The monoisotopic (exact) mass is 305 g/mol. The maximum absolute atomic E-state index is 4.72. The first-order valence-corrected chi connectivity index (χ1v) is 7.10. The van der Waals surface area contributed by atoms with Crippen LogP contribution in [0.15, 0.2) is 47.5 Å². The first-order valence-electron chi connectivity index (χ1n) is 6.24. The Labute approximate surface area is 117 Å². The molecule has 0 fully saturated rings. The second kappa shape index (κ2) is 6.03. The molecule has 0 unspecified atom stereocenters. The van der Waals surface area contributed by atoms with Crippen molar-refractivity contribution in [2.75, 3.05) is 13.1 Å². The minimum atomic E-state index is 0.955. The quantitative estimate of drug-likeness (QED) is 0.482. The summed E-state index contributed by atoms with van der Waals surface area (Å²) in [6, 6.07) is 14.6. The van der Waals surface area contributed by atoms with Crippen molar-refractivity contribution in [1.82, 2.24) is 4.90 Å². The van der Waals surface area contributed by atoms with Crippen molar-refractivity contribution >= 4 is 37.2 Å². The molecule has 0 aromatic heterocycles. The van der Waals surface area contributed by atoms with Gasteiger partial charge in [0.05, 0.1) is 0 Å². The molecular weight excluding hydrogens is 287 g/mol. The first kappa shape index (κ1) is 13.1. The zero-order chi connectivity index (χ0) is 13.0. The summed E-state index contributed by atoms with van der Waals surface area (Å²) in [4.78, 5) is 6.93. The van der Waals surface area contributed by atoms with E-state index in [2.05, 4.69) is 77.2 Å². The summed E-state index contributed by atoms with van der Waals surface area (Å²) in [6.45, 7) is 6.21. The molecule has 0 amide bonds. The van der Waals surface area contributed by atoms with Gasteiger partial charge in [0, 0.05) is 0 Å². The van der Waals surface area contributed by atoms with Gasteiger partial charge in [0.2, 0.25) is 0 Å². The van der Waals surface area contributed by atoms with Crippen LogP contribution in [0.4, 0.5) is 5.69 Å². The average molecular weight is 304 g/mol. The summed E-state index contributed by atoms with van der Waals surface area (Å²) < 4.78 is 0.955. The molecule has 0 saturated carbocycles. The summed E-state index contributed by atoms with van der Waals surface area (Å²) in [5, 5.41) is 2.42. The van der Waals surface area contributed by atoms with Gasteiger partial charge < -0.3 is 0 Å². The molecule has 2 aromatic carbocycles. The van der Waals surface area contributed by atoms with Crippen molar-refractivity contribution in [2.24, 2.45) is 4.99 Å². The molecule has 1 radical (unpaired) electrons. The fraction of sp³-hybridized carbons (Fsp3) is 0.267. The van der Waals surface area contributed by atoms with Crippen molar-refractivity contribution in [3.63, 3.8) is 0 Å². The normalized spacial score (nSPS) is 11.8. The SMILES string of the molecule is CCN(CC)C([Se])=Nc1cccc2ccccc12. The fourth-order valence-electron chi connectivity index (χ4n) is 1.97. The van der Waals surface area contributed by atoms with E-state index in [1.54, 1.807) is 0 Å². The van der Waals surface area contributed by atoms with Gasteiger partial charge in [-0.05, 0) is 0 Å². The van der Waals surface area contributed by atoms with Gasteiger partial charge in [-0.3, -0.25) is 0 Å². The van der Waals surface area contributed by atoms with E-state index in [1.165, 1.54) is 10.8 Å². The number of hydrogen-bond donors (Lipinski definition) is 0. The summed E-state index contributed by atoms with van der Waals surface area (Å²) >= 11 is 3.07. The molecule has 3 heteroatoms. The fourth-order valence-corrected chi connectivity index (χ4v) is 2.72. The van der Waals surface area contributed by atoms with E-state index < -0.39 is 0 Å². The van der Waals surface area contributed by atoms with Gasteiger partial charge in [-0.25, -0.2) is 0 Å². The van der Waals surface area contributed by atoms with E-state index in [1.807, 2.05) is 0 Å². The minimum absolute atomic E-state index is 0.955. The number of rotatable bonds is 3. The molecule has 2 aromatic rings. The van der Waals surface area contributed by atoms with E-state index in [4.69, 9.17) is 4.99 Å². The van der Waals surface area contributed by atoms with Crippen LogP contribution >= 0.6 is 0 Å². The molecule has 2 rings (SSSR count). The van der Waals surface area contributed by atoms with Gasteiger partial charge >= 0.3 is 117 Å². The molecule has 2 nitrogen and oxygen atoms in total. The second-order valence-electron chi connectivity index (χ2n) is 4.06. The Kier molecular flexibility index (Phi) is 4.40. The summed E-state index contributed by atoms with van der Waals surface area (Å²) in [7, 11) is 0. The van der Waals surface area contributed by atoms with E-state index in [0.29, 0.717) is 0 Å². The zero-order valence-corrected chi connectivity index (χ0v) is 12.5. The van der Waals surface area contributed by atoms with E-state index in [9.17, 15) is 0 Å². The third kappa shape index (κ3) is 2.74. The van der Waals surface area contributed by atoms with Crippen molar-refractivity contribution in [3.05, 3.63) is 42.5 Å². The number of benzene rings is 2. The van der Waals surface area contributed by atoms with Gasteiger partial charge in [-0.1, -0.05) is 0 Å². The Morgan fingerprint density at radius 3 is 2.44 bits per heavy atom. The van der Waals surface area contributed by atoms with Crippen LogP contribution in [0, 0.1) is 0 Å². The molecule has 0 aliphatic carbocycles. The molecule has 18 heavy (non-hydrogen) atoms. The molecule has 0 N–H and O–H groups in total. The predicted molar refractivity (Wildman–Crippen MR) is 79.7 cm³/mol. The zero-order valence-electron chi connectivity index (χ0n) is 10.8. The Bertz CT molecular complexity index is 554. The molecule has 0 atom stereocenters. The van der Waals surface area contributed by atoms with Crippen LogP contribution in [0.25, 0.3) is 10.8 Å². The van der Waals surface area contributed by atoms with Crippen LogP contribution in [0.2, 0.25) is 0 Å². The molecule has 0 bridgehead atoms. The van der Waals surface area contributed by atoms with Gasteiger partial charge in [0.25, 0.3) is 0 Å². The van der Waals surface area contributed by atoms with Gasteiger partial charge in [-0.2, -0.15) is 0 Å². The van der Waals surface area contributed by atoms with E-state index in [-0.39, 0.29) is 0 Å². The molecule has 0 spiro atoms. The average Bonchev–Trinajstić information content (AvgIpc) is 2.40. The van der Waals surface area contributed by atoms with Crippen molar-refractivity contribution in [1.29, 1.82) is 0 Å². The summed E-state index contributed by atoms with van der Waals surface area (Å²) in [5.74, 6) is 0. The number of fused-ring (bicyclic) bond motifs is 1. The van der Waals surface area contributed by atoms with Crippen molar-refractivity contribution < 1.29 is 0 Å². The van der Waals surface area contributed by atoms with Crippen LogP contribution in [-0.4, -0.2) is 38.7 Å². The molecule has 0 heterocycles. The van der Waals surface area contributed by atoms with Crippen LogP contribution in [0.5, 0.6) is 0 Å². The predicted octanol–water partition coefficient (Wildman–Crippen LogP) is 3.34. The van der Waals surface area contributed by atoms with E-state index >= 15 is 0 Å². The summed E-state index contributed by atoms with van der Waals surface area (Å²) in [6.07, 6.45) is 0. The maximum atomic E-state index is 4.72. The van der Waals surface area contributed by atoms with Crippen LogP contribution in [-0.2, 0) is 0 Å². The van der Waals surface area contributed by atoms with E-state index in [0.717, 1.165) is 23.5 Å². The second-order valence-corrected chi connectivity index (χ2v) is 4.83. The van der Waals surface area contributed by atoms with Crippen LogP contribution in [0.1, 0.15) is 13.8 Å². The van der Waals surface area contributed by atoms with Crippen molar-refractivity contribution in [3.8, 4) is 0 Å². The van der Waals surface area contributed by atoms with Gasteiger partial charge in [0.1, 0.15) is 0 Å². The van der Waals surface area contributed by atoms with Gasteiger partial charge in [-0.15, -0.1) is 0 Å². The van der Waals surface area contributed by atoms with Crippen LogP contribution < -0.4 is 0 Å². The number of aliphatic imine (C=N–C) groups is 1. The Morgan fingerprint density at radius 2 is 1.72 bits per heavy atom. The number of amidine groups is 1. The standard InChI is InChI=1S/C15H17N2Se/c1-3-17(4-2)15(18)16-14-11-7-9-12-8-5-6-10-13(12)14/h5-11H,3-4H2,1-2H3. The summed E-state index contributed by atoms with van der Waals surface area (Å²) in [5.41, 5.74) is 1.02. The topological polar surface area (TPSA) is 15.6 Å².